The third-order valence-corrected chi connectivity index (χ3v) is 2.52. The number of hydrogen-bond acceptors (Lipinski definition) is 4. The molecular formula is C12H14ClN3O2. The summed E-state index contributed by atoms with van der Waals surface area (Å²) in [4.78, 5) is 0. The van der Waals surface area contributed by atoms with E-state index in [0.29, 0.717) is 23.0 Å². The highest BCUT2D eigenvalue weighted by atomic mass is 35.5. The van der Waals surface area contributed by atoms with Gasteiger partial charge in [-0.1, -0.05) is 11.6 Å². The van der Waals surface area contributed by atoms with Crippen molar-refractivity contribution < 1.29 is 9.84 Å². The molecule has 0 aliphatic heterocycles. The van der Waals surface area contributed by atoms with Gasteiger partial charge in [-0.3, -0.25) is 4.68 Å². The Kier molecular flexibility index (Phi) is 4.07. The Hall–Kier alpha value is -1.72. The first-order valence-corrected chi connectivity index (χ1v) is 5.85. The van der Waals surface area contributed by atoms with Gasteiger partial charge in [0.05, 0.1) is 17.8 Å². The van der Waals surface area contributed by atoms with Crippen molar-refractivity contribution in [2.24, 2.45) is 0 Å². The van der Waals surface area contributed by atoms with Gasteiger partial charge in [-0.05, 0) is 24.3 Å². The van der Waals surface area contributed by atoms with Gasteiger partial charge in [0.2, 0.25) is 0 Å². The van der Waals surface area contributed by atoms with E-state index in [1.54, 1.807) is 35.1 Å². The minimum absolute atomic E-state index is 0.182. The number of benzene rings is 1. The van der Waals surface area contributed by atoms with E-state index in [0.717, 1.165) is 0 Å². The average molecular weight is 268 g/mol. The van der Waals surface area contributed by atoms with Gasteiger partial charge in [0, 0.05) is 11.9 Å². The molecule has 0 saturated heterocycles. The van der Waals surface area contributed by atoms with E-state index in [9.17, 15) is 5.11 Å². The molecule has 1 aromatic heterocycles. The van der Waals surface area contributed by atoms with Crippen molar-refractivity contribution in [1.82, 2.24) is 9.78 Å². The van der Waals surface area contributed by atoms with Gasteiger partial charge in [-0.25, -0.2) is 0 Å². The molecule has 0 spiro atoms. The summed E-state index contributed by atoms with van der Waals surface area (Å²) in [6.07, 6.45) is 2.52. The molecule has 0 radical (unpaired) electrons. The summed E-state index contributed by atoms with van der Waals surface area (Å²) in [6, 6.07) is 7.00. The smallest absolute Gasteiger partial charge is 0.119 e. The molecule has 6 heteroatoms. The zero-order valence-corrected chi connectivity index (χ0v) is 10.4. The first-order chi connectivity index (χ1) is 8.63. The van der Waals surface area contributed by atoms with E-state index < -0.39 is 6.10 Å². The number of nitrogens with zero attached hydrogens (tertiary/aromatic N) is 2. The highest BCUT2D eigenvalue weighted by Crippen LogP contribution is 2.13. The second kappa shape index (κ2) is 5.75. The molecule has 0 fully saturated rings. The fourth-order valence-corrected chi connectivity index (χ4v) is 1.62. The lowest BCUT2D eigenvalue weighted by Gasteiger charge is -2.12. The predicted molar refractivity (Wildman–Crippen MR) is 69.6 cm³/mol. The standard InChI is InChI=1S/C12H14ClN3O2/c13-9-5-15-16(6-9)7-11(17)8-18-12-3-1-10(14)2-4-12/h1-6,11,17H,7-8,14H2. The number of ether oxygens (including phenoxy) is 1. The van der Waals surface area contributed by atoms with Gasteiger partial charge in [0.1, 0.15) is 18.5 Å². The second-order valence-electron chi connectivity index (χ2n) is 3.91. The van der Waals surface area contributed by atoms with Gasteiger partial charge >= 0.3 is 0 Å². The summed E-state index contributed by atoms with van der Waals surface area (Å²) in [5.74, 6) is 0.668. The first kappa shape index (κ1) is 12.7. The monoisotopic (exact) mass is 267 g/mol. The number of nitrogen functional groups attached to an aromatic ring is 1. The topological polar surface area (TPSA) is 73.3 Å². The van der Waals surface area contributed by atoms with Gasteiger partial charge in [0.15, 0.2) is 0 Å². The van der Waals surface area contributed by atoms with Crippen LogP contribution < -0.4 is 10.5 Å². The summed E-state index contributed by atoms with van der Waals surface area (Å²) in [7, 11) is 0. The van der Waals surface area contributed by atoms with Crippen molar-refractivity contribution >= 4 is 17.3 Å². The summed E-state index contributed by atoms with van der Waals surface area (Å²) in [5.41, 5.74) is 6.23. The number of aliphatic hydroxyl groups excluding tert-OH is 1. The molecule has 0 aliphatic rings. The van der Waals surface area contributed by atoms with Crippen LogP contribution in [-0.4, -0.2) is 27.6 Å². The quantitative estimate of drug-likeness (QED) is 0.807. The molecule has 0 aliphatic carbocycles. The number of aliphatic hydroxyl groups is 1. The Morgan fingerprint density at radius 3 is 2.72 bits per heavy atom. The highest BCUT2D eigenvalue weighted by Gasteiger charge is 2.07. The summed E-state index contributed by atoms with van der Waals surface area (Å²) in [5, 5.41) is 14.3. The van der Waals surface area contributed by atoms with E-state index in [2.05, 4.69) is 5.10 Å². The Morgan fingerprint density at radius 1 is 1.39 bits per heavy atom. The van der Waals surface area contributed by atoms with Gasteiger partial charge in [-0.15, -0.1) is 0 Å². The third kappa shape index (κ3) is 3.65. The lowest BCUT2D eigenvalue weighted by Crippen LogP contribution is -2.23. The molecule has 0 amide bonds. The van der Waals surface area contributed by atoms with Crippen LogP contribution in [0.3, 0.4) is 0 Å². The third-order valence-electron chi connectivity index (χ3n) is 2.32. The summed E-state index contributed by atoms with van der Waals surface area (Å²) >= 11 is 5.72. The van der Waals surface area contributed by atoms with Crippen molar-refractivity contribution in [2.45, 2.75) is 12.6 Å². The largest absolute Gasteiger partial charge is 0.491 e. The molecule has 96 valence electrons. The average Bonchev–Trinajstić information content (AvgIpc) is 2.74. The van der Waals surface area contributed by atoms with Crippen LogP contribution >= 0.6 is 11.6 Å². The Labute approximate surface area is 110 Å². The fraction of sp³-hybridized carbons (Fsp3) is 0.250. The van der Waals surface area contributed by atoms with Crippen molar-refractivity contribution in [1.29, 1.82) is 0 Å². The van der Waals surface area contributed by atoms with Crippen LogP contribution in [-0.2, 0) is 6.54 Å². The minimum Gasteiger partial charge on any atom is -0.491 e. The van der Waals surface area contributed by atoms with Gasteiger partial charge < -0.3 is 15.6 Å². The van der Waals surface area contributed by atoms with E-state index >= 15 is 0 Å². The number of rotatable bonds is 5. The molecule has 2 aromatic rings. The van der Waals surface area contributed by atoms with Gasteiger partial charge in [-0.2, -0.15) is 5.10 Å². The second-order valence-corrected chi connectivity index (χ2v) is 4.35. The van der Waals surface area contributed by atoms with Crippen LogP contribution in [0.4, 0.5) is 5.69 Å². The Bertz CT molecular complexity index is 498. The maximum Gasteiger partial charge on any atom is 0.119 e. The molecule has 1 unspecified atom stereocenters. The molecule has 1 heterocycles. The molecule has 1 aromatic carbocycles. The Morgan fingerprint density at radius 2 is 2.11 bits per heavy atom. The summed E-state index contributed by atoms with van der Waals surface area (Å²) < 4.78 is 6.99. The van der Waals surface area contributed by atoms with Crippen LogP contribution in [0.1, 0.15) is 0 Å². The minimum atomic E-state index is -0.654. The van der Waals surface area contributed by atoms with Crippen molar-refractivity contribution in [3.8, 4) is 5.75 Å². The van der Waals surface area contributed by atoms with Crippen LogP contribution in [0.25, 0.3) is 0 Å². The molecule has 0 saturated carbocycles. The summed E-state index contributed by atoms with van der Waals surface area (Å²) in [6.45, 7) is 0.517. The van der Waals surface area contributed by atoms with Crippen LogP contribution in [0.2, 0.25) is 5.02 Å². The molecule has 3 N–H and O–H groups in total. The predicted octanol–water partition coefficient (Wildman–Crippen LogP) is 1.56. The molecule has 5 nitrogen and oxygen atoms in total. The molecule has 18 heavy (non-hydrogen) atoms. The van der Waals surface area contributed by atoms with Crippen LogP contribution in [0, 0.1) is 0 Å². The van der Waals surface area contributed by atoms with Crippen molar-refractivity contribution in [2.75, 3.05) is 12.3 Å². The van der Waals surface area contributed by atoms with Crippen molar-refractivity contribution in [3.05, 3.63) is 41.7 Å². The zero-order valence-electron chi connectivity index (χ0n) is 9.66. The Balaban J connectivity index is 1.81. The highest BCUT2D eigenvalue weighted by molar-refractivity contribution is 6.30. The zero-order chi connectivity index (χ0) is 13.0. The molecule has 0 bridgehead atoms. The van der Waals surface area contributed by atoms with E-state index in [1.165, 1.54) is 6.20 Å². The maximum atomic E-state index is 9.77. The first-order valence-electron chi connectivity index (χ1n) is 5.48. The van der Waals surface area contributed by atoms with Gasteiger partial charge in [0.25, 0.3) is 0 Å². The lowest BCUT2D eigenvalue weighted by atomic mass is 10.3. The number of nitrogens with two attached hydrogens (primary N) is 1. The van der Waals surface area contributed by atoms with E-state index in [-0.39, 0.29) is 6.61 Å². The maximum absolute atomic E-state index is 9.77. The SMILES string of the molecule is Nc1ccc(OCC(O)Cn2cc(Cl)cn2)cc1. The number of halogens is 1. The molecule has 1 atom stereocenters. The fourth-order valence-electron chi connectivity index (χ4n) is 1.46. The van der Waals surface area contributed by atoms with Crippen LogP contribution in [0.5, 0.6) is 5.75 Å². The van der Waals surface area contributed by atoms with E-state index in [4.69, 9.17) is 22.1 Å². The van der Waals surface area contributed by atoms with Crippen molar-refractivity contribution in [3.63, 3.8) is 0 Å². The van der Waals surface area contributed by atoms with E-state index in [1.807, 2.05) is 0 Å². The number of anilines is 1. The number of aromatic nitrogens is 2. The van der Waals surface area contributed by atoms with Crippen LogP contribution in [0.15, 0.2) is 36.7 Å². The molecular weight excluding hydrogens is 254 g/mol. The lowest BCUT2D eigenvalue weighted by molar-refractivity contribution is 0.0893. The number of hydrogen-bond donors (Lipinski definition) is 2. The molecule has 2 rings (SSSR count). The normalized spacial score (nSPS) is 12.3.